The van der Waals surface area contributed by atoms with Gasteiger partial charge in [0.25, 0.3) is 0 Å². The van der Waals surface area contributed by atoms with Crippen LogP contribution < -0.4 is 10.1 Å². The number of hydrogen-bond donors (Lipinski definition) is 1. The molecule has 4 nitrogen and oxygen atoms in total. The van der Waals surface area contributed by atoms with Crippen LogP contribution in [0.25, 0.3) is 22.0 Å². The van der Waals surface area contributed by atoms with Gasteiger partial charge in [-0.05, 0) is 36.2 Å². The quantitative estimate of drug-likeness (QED) is 0.478. The van der Waals surface area contributed by atoms with Gasteiger partial charge in [0.05, 0.1) is 22.9 Å². The van der Waals surface area contributed by atoms with E-state index in [1.54, 1.807) is 13.2 Å². The molecule has 0 fully saturated rings. The molecule has 2 aromatic carbocycles. The van der Waals surface area contributed by atoms with Crippen LogP contribution in [0.5, 0.6) is 5.75 Å². The Balaban J connectivity index is 2.02. The summed E-state index contributed by atoms with van der Waals surface area (Å²) < 4.78 is 5.35. The first kappa shape index (κ1) is 19.0. The number of carbonyl (C=O) groups excluding carboxylic acids is 1. The summed E-state index contributed by atoms with van der Waals surface area (Å²) in [5, 5.41) is 4.42. The summed E-state index contributed by atoms with van der Waals surface area (Å²) >= 11 is 1.44. The normalized spacial score (nSPS) is 11.8. The summed E-state index contributed by atoms with van der Waals surface area (Å²) in [6.07, 6.45) is 1.67. The molecule has 0 aliphatic carbocycles. The van der Waals surface area contributed by atoms with Crippen LogP contribution in [-0.2, 0) is 4.79 Å². The van der Waals surface area contributed by atoms with Crippen LogP contribution in [0, 0.1) is 0 Å². The molecule has 1 atom stereocenters. The first-order chi connectivity index (χ1) is 13.1. The van der Waals surface area contributed by atoms with Gasteiger partial charge in [-0.1, -0.05) is 48.2 Å². The van der Waals surface area contributed by atoms with E-state index in [1.807, 2.05) is 49.4 Å². The Labute approximate surface area is 163 Å². The van der Waals surface area contributed by atoms with Crippen LogP contribution in [0.3, 0.4) is 0 Å². The zero-order chi connectivity index (χ0) is 19.2. The van der Waals surface area contributed by atoms with E-state index in [4.69, 9.17) is 9.72 Å². The summed E-state index contributed by atoms with van der Waals surface area (Å²) in [5.41, 5.74) is 3.04. The van der Waals surface area contributed by atoms with Crippen molar-refractivity contribution >= 4 is 28.6 Å². The molecule has 0 radical (unpaired) electrons. The molecular weight excluding hydrogens is 356 g/mol. The van der Waals surface area contributed by atoms with Gasteiger partial charge in [-0.25, -0.2) is 4.98 Å². The van der Waals surface area contributed by atoms with Gasteiger partial charge in [-0.3, -0.25) is 4.79 Å². The number of benzene rings is 2. The van der Waals surface area contributed by atoms with Gasteiger partial charge in [-0.15, -0.1) is 6.58 Å². The molecule has 0 spiro atoms. The SMILES string of the molecule is C=CCNC(=O)[C@@H](C)Sc1cc(-c2ccccc2)c2ccc(OC)cc2n1. The number of rotatable bonds is 7. The Hall–Kier alpha value is -2.79. The number of ether oxygens (including phenoxy) is 1. The highest BCUT2D eigenvalue weighted by Crippen LogP contribution is 2.34. The van der Waals surface area contributed by atoms with E-state index in [0.29, 0.717) is 6.54 Å². The van der Waals surface area contributed by atoms with Crippen molar-refractivity contribution in [3.63, 3.8) is 0 Å². The third-order valence-corrected chi connectivity index (χ3v) is 5.18. The highest BCUT2D eigenvalue weighted by Gasteiger charge is 2.16. The number of nitrogens with one attached hydrogen (secondary N) is 1. The van der Waals surface area contributed by atoms with E-state index in [9.17, 15) is 4.79 Å². The van der Waals surface area contributed by atoms with E-state index in [2.05, 4.69) is 24.0 Å². The average Bonchev–Trinajstić information content (AvgIpc) is 2.71. The van der Waals surface area contributed by atoms with Crippen LogP contribution >= 0.6 is 11.8 Å². The molecule has 1 heterocycles. The fraction of sp³-hybridized carbons (Fsp3) is 0.182. The monoisotopic (exact) mass is 378 g/mol. The number of amides is 1. The predicted molar refractivity (Wildman–Crippen MR) is 112 cm³/mol. The lowest BCUT2D eigenvalue weighted by Crippen LogP contribution is -2.30. The molecular formula is C22H22N2O2S. The van der Waals surface area contributed by atoms with Crippen molar-refractivity contribution in [3.05, 3.63) is 67.3 Å². The van der Waals surface area contributed by atoms with Crippen LogP contribution in [-0.4, -0.2) is 29.8 Å². The Morgan fingerprint density at radius 2 is 2.04 bits per heavy atom. The second kappa shape index (κ2) is 8.73. The maximum absolute atomic E-state index is 12.2. The van der Waals surface area contributed by atoms with Crippen molar-refractivity contribution in [1.82, 2.24) is 10.3 Å². The van der Waals surface area contributed by atoms with Crippen molar-refractivity contribution in [3.8, 4) is 16.9 Å². The largest absolute Gasteiger partial charge is 0.497 e. The van der Waals surface area contributed by atoms with Gasteiger partial charge in [0, 0.05) is 18.0 Å². The highest BCUT2D eigenvalue weighted by molar-refractivity contribution is 8.00. The van der Waals surface area contributed by atoms with Crippen LogP contribution in [0.1, 0.15) is 6.92 Å². The Kier molecular flexibility index (Phi) is 6.14. The molecule has 138 valence electrons. The molecule has 0 aliphatic rings. The van der Waals surface area contributed by atoms with E-state index in [0.717, 1.165) is 32.8 Å². The van der Waals surface area contributed by atoms with Gasteiger partial charge in [0.1, 0.15) is 5.75 Å². The number of carbonyl (C=O) groups is 1. The Bertz CT molecular complexity index is 957. The average molecular weight is 378 g/mol. The van der Waals surface area contributed by atoms with Gasteiger partial charge in [-0.2, -0.15) is 0 Å². The molecule has 0 bridgehead atoms. The molecule has 3 aromatic rings. The smallest absolute Gasteiger partial charge is 0.233 e. The van der Waals surface area contributed by atoms with Gasteiger partial charge >= 0.3 is 0 Å². The second-order valence-electron chi connectivity index (χ2n) is 6.05. The maximum atomic E-state index is 12.2. The van der Waals surface area contributed by atoms with Crippen molar-refractivity contribution in [1.29, 1.82) is 0 Å². The van der Waals surface area contributed by atoms with Gasteiger partial charge < -0.3 is 10.1 Å². The molecule has 5 heteroatoms. The number of fused-ring (bicyclic) bond motifs is 1. The summed E-state index contributed by atoms with van der Waals surface area (Å²) in [5.74, 6) is 0.724. The fourth-order valence-electron chi connectivity index (χ4n) is 2.78. The lowest BCUT2D eigenvalue weighted by molar-refractivity contribution is -0.120. The molecule has 27 heavy (non-hydrogen) atoms. The lowest BCUT2D eigenvalue weighted by Gasteiger charge is -2.14. The molecule has 3 rings (SSSR count). The highest BCUT2D eigenvalue weighted by atomic mass is 32.2. The van der Waals surface area contributed by atoms with Crippen molar-refractivity contribution < 1.29 is 9.53 Å². The molecule has 1 amide bonds. The minimum Gasteiger partial charge on any atom is -0.497 e. The molecule has 0 saturated carbocycles. The van der Waals surface area contributed by atoms with Gasteiger partial charge in [0.2, 0.25) is 5.91 Å². The minimum atomic E-state index is -0.260. The maximum Gasteiger partial charge on any atom is 0.233 e. The Morgan fingerprint density at radius 1 is 1.26 bits per heavy atom. The second-order valence-corrected chi connectivity index (χ2v) is 7.41. The number of aromatic nitrogens is 1. The number of nitrogens with zero attached hydrogens (tertiary/aromatic N) is 1. The summed E-state index contributed by atoms with van der Waals surface area (Å²) in [7, 11) is 1.64. The van der Waals surface area contributed by atoms with Crippen molar-refractivity contribution in [2.45, 2.75) is 17.2 Å². The Morgan fingerprint density at radius 3 is 2.74 bits per heavy atom. The molecule has 1 N–H and O–H groups in total. The first-order valence-electron chi connectivity index (χ1n) is 8.72. The molecule has 0 unspecified atom stereocenters. The van der Waals surface area contributed by atoms with E-state index < -0.39 is 0 Å². The van der Waals surface area contributed by atoms with Gasteiger partial charge in [0.15, 0.2) is 0 Å². The first-order valence-corrected chi connectivity index (χ1v) is 9.60. The van der Waals surface area contributed by atoms with Crippen molar-refractivity contribution in [2.75, 3.05) is 13.7 Å². The third-order valence-electron chi connectivity index (χ3n) is 4.17. The zero-order valence-corrected chi connectivity index (χ0v) is 16.3. The number of thioether (sulfide) groups is 1. The molecule has 0 saturated heterocycles. The topological polar surface area (TPSA) is 51.2 Å². The minimum absolute atomic E-state index is 0.0336. The lowest BCUT2D eigenvalue weighted by atomic mass is 10.0. The van der Waals surface area contributed by atoms with E-state index in [-0.39, 0.29) is 11.2 Å². The number of hydrogen-bond acceptors (Lipinski definition) is 4. The summed E-state index contributed by atoms with van der Waals surface area (Å²) in [4.78, 5) is 17.0. The molecule has 0 aliphatic heterocycles. The molecule has 1 aromatic heterocycles. The van der Waals surface area contributed by atoms with E-state index in [1.165, 1.54) is 11.8 Å². The van der Waals surface area contributed by atoms with E-state index >= 15 is 0 Å². The number of methoxy groups -OCH3 is 1. The standard InChI is InChI=1S/C22H22N2O2S/c1-4-12-23-22(25)15(2)27-21-14-19(16-8-6-5-7-9-16)18-11-10-17(26-3)13-20(18)24-21/h4-11,13-15H,1,12H2,2-3H3,(H,23,25)/t15-/m1/s1. The summed E-state index contributed by atoms with van der Waals surface area (Å²) in [6, 6.07) is 18.1. The number of pyridine rings is 1. The van der Waals surface area contributed by atoms with Crippen LogP contribution in [0.4, 0.5) is 0 Å². The zero-order valence-electron chi connectivity index (χ0n) is 15.4. The predicted octanol–water partition coefficient (Wildman–Crippen LogP) is 4.69. The third kappa shape index (κ3) is 4.49. The van der Waals surface area contributed by atoms with Crippen LogP contribution in [0.15, 0.2) is 72.3 Å². The fourth-order valence-corrected chi connectivity index (χ4v) is 3.67. The summed E-state index contributed by atoms with van der Waals surface area (Å²) in [6.45, 7) is 5.96. The van der Waals surface area contributed by atoms with Crippen molar-refractivity contribution in [2.24, 2.45) is 0 Å². The van der Waals surface area contributed by atoms with Crippen LogP contribution in [0.2, 0.25) is 0 Å².